The third kappa shape index (κ3) is 0.503. The van der Waals surface area contributed by atoms with E-state index in [9.17, 15) is 0 Å². The van der Waals surface area contributed by atoms with Crippen LogP contribution in [0.25, 0.3) is 0 Å². The lowest BCUT2D eigenvalue weighted by Crippen LogP contribution is -2.10. The van der Waals surface area contributed by atoms with E-state index in [1.54, 1.807) is 0 Å². The molecule has 0 aromatic carbocycles. The maximum Gasteiger partial charge on any atom is 0.0849 e. The van der Waals surface area contributed by atoms with Crippen molar-refractivity contribution in [2.24, 2.45) is 0 Å². The van der Waals surface area contributed by atoms with Gasteiger partial charge in [-0.25, -0.2) is 0 Å². The zero-order valence-electron chi connectivity index (χ0n) is 4.57. The van der Waals surface area contributed by atoms with Crippen LogP contribution in [0.4, 0.5) is 0 Å². The second kappa shape index (κ2) is 1.40. The summed E-state index contributed by atoms with van der Waals surface area (Å²) in [5.74, 6) is 0. The maximum atomic E-state index is 3.75. The van der Waals surface area contributed by atoms with E-state index in [0.29, 0.717) is 5.70 Å². The van der Waals surface area contributed by atoms with E-state index in [0.717, 1.165) is 11.3 Å². The van der Waals surface area contributed by atoms with Gasteiger partial charge >= 0.3 is 0 Å². The Labute approximate surface area is 48.6 Å². The highest BCUT2D eigenvalue weighted by molar-refractivity contribution is 5.43. The van der Waals surface area contributed by atoms with Gasteiger partial charge in [-0.05, 0) is 0 Å². The highest BCUT2D eigenvalue weighted by Gasteiger charge is 2.12. The zero-order chi connectivity index (χ0) is 6.15. The average molecular weight is 107 g/mol. The lowest BCUT2D eigenvalue weighted by molar-refractivity contribution is 0.764. The molecule has 8 heavy (non-hydrogen) atoms. The summed E-state index contributed by atoms with van der Waals surface area (Å²) < 4.78 is 0. The lowest BCUT2D eigenvalue weighted by Gasteiger charge is -1.86. The van der Waals surface area contributed by atoms with Crippen LogP contribution in [0.15, 0.2) is 36.7 Å². The van der Waals surface area contributed by atoms with Gasteiger partial charge in [-0.3, -0.25) is 5.43 Å². The van der Waals surface area contributed by atoms with Crippen LogP contribution >= 0.6 is 0 Å². The van der Waals surface area contributed by atoms with E-state index >= 15 is 0 Å². The van der Waals surface area contributed by atoms with E-state index in [4.69, 9.17) is 0 Å². The quantitative estimate of drug-likeness (QED) is 0.484. The average Bonchev–Trinajstić information content (AvgIpc) is 1.98. The van der Waals surface area contributed by atoms with Gasteiger partial charge in [0, 0.05) is 5.57 Å². The largest absolute Gasteiger partial charge is 0.278 e. The molecule has 0 bridgehead atoms. The summed E-state index contributed by atoms with van der Waals surface area (Å²) in [6.07, 6.45) is 0. The molecule has 41 valence electrons. The standard InChI is InChI=1S/C6H7N2/c1-4-5(2)7-8-6(4)3/h7H,1-3H2. The highest BCUT2D eigenvalue weighted by Crippen LogP contribution is 2.14. The first-order valence-corrected chi connectivity index (χ1v) is 2.26. The maximum absolute atomic E-state index is 3.75. The van der Waals surface area contributed by atoms with Crippen LogP contribution in [-0.4, -0.2) is 0 Å². The third-order valence-electron chi connectivity index (χ3n) is 1.04. The van der Waals surface area contributed by atoms with Gasteiger partial charge < -0.3 is 0 Å². The van der Waals surface area contributed by atoms with Crippen molar-refractivity contribution in [2.75, 3.05) is 0 Å². The minimum Gasteiger partial charge on any atom is -0.278 e. The van der Waals surface area contributed by atoms with Crippen LogP contribution < -0.4 is 10.9 Å². The first-order valence-electron chi connectivity index (χ1n) is 2.26. The van der Waals surface area contributed by atoms with Gasteiger partial charge in [-0.1, -0.05) is 19.7 Å². The van der Waals surface area contributed by atoms with Crippen molar-refractivity contribution >= 4 is 0 Å². The summed E-state index contributed by atoms with van der Waals surface area (Å²) in [5, 5.41) is 0. The Morgan fingerprint density at radius 2 is 1.88 bits per heavy atom. The third-order valence-corrected chi connectivity index (χ3v) is 1.04. The first-order chi connectivity index (χ1) is 3.72. The van der Waals surface area contributed by atoms with Crippen LogP contribution in [0.5, 0.6) is 0 Å². The molecular weight excluding hydrogens is 100 g/mol. The summed E-state index contributed by atoms with van der Waals surface area (Å²) >= 11 is 0. The molecule has 0 amide bonds. The van der Waals surface area contributed by atoms with Gasteiger partial charge in [-0.15, -0.1) is 0 Å². The van der Waals surface area contributed by atoms with Crippen molar-refractivity contribution in [1.82, 2.24) is 10.9 Å². The second-order valence-electron chi connectivity index (χ2n) is 1.63. The Balaban J connectivity index is 2.86. The van der Waals surface area contributed by atoms with Gasteiger partial charge in [0.1, 0.15) is 0 Å². The molecule has 1 aliphatic rings. The molecule has 1 saturated heterocycles. The van der Waals surface area contributed by atoms with Crippen molar-refractivity contribution in [2.45, 2.75) is 0 Å². The van der Waals surface area contributed by atoms with Crippen molar-refractivity contribution in [3.05, 3.63) is 36.7 Å². The SMILES string of the molecule is C=C1[N]NC(=C)C1=C. The molecule has 2 heteroatoms. The number of hydrogen-bond acceptors (Lipinski definition) is 1. The fourth-order valence-electron chi connectivity index (χ4n) is 0.444. The molecule has 0 aromatic heterocycles. The number of nitrogens with one attached hydrogen (secondary N) is 1. The zero-order valence-corrected chi connectivity index (χ0v) is 4.57. The minimum absolute atomic E-state index is 0.676. The van der Waals surface area contributed by atoms with Crippen molar-refractivity contribution in [3.63, 3.8) is 0 Å². The van der Waals surface area contributed by atoms with Gasteiger partial charge in [0.05, 0.1) is 11.4 Å². The fraction of sp³-hybridized carbons (Fsp3) is 0. The summed E-state index contributed by atoms with van der Waals surface area (Å²) in [6, 6.07) is 0. The highest BCUT2D eigenvalue weighted by atomic mass is 15.4. The van der Waals surface area contributed by atoms with E-state index in [1.807, 2.05) is 0 Å². The first kappa shape index (κ1) is 4.97. The van der Waals surface area contributed by atoms with Gasteiger partial charge in [0.25, 0.3) is 0 Å². The summed E-state index contributed by atoms with van der Waals surface area (Å²) in [6.45, 7) is 10.9. The molecule has 0 aliphatic carbocycles. The van der Waals surface area contributed by atoms with Gasteiger partial charge in [-0.2, -0.15) is 5.43 Å². The summed E-state index contributed by atoms with van der Waals surface area (Å²) in [5.41, 5.74) is 8.62. The van der Waals surface area contributed by atoms with Crippen molar-refractivity contribution in [1.29, 1.82) is 0 Å². The Morgan fingerprint density at radius 1 is 1.25 bits per heavy atom. The van der Waals surface area contributed by atoms with Crippen molar-refractivity contribution < 1.29 is 0 Å². The fourth-order valence-corrected chi connectivity index (χ4v) is 0.444. The topological polar surface area (TPSA) is 26.1 Å². The molecule has 1 rings (SSSR count). The van der Waals surface area contributed by atoms with Crippen LogP contribution in [0.3, 0.4) is 0 Å². The normalized spacial score (nSPS) is 18.2. The molecule has 1 N–H and O–H groups in total. The van der Waals surface area contributed by atoms with Gasteiger partial charge in [0.15, 0.2) is 0 Å². The monoisotopic (exact) mass is 107 g/mol. The molecule has 0 atom stereocenters. The second-order valence-corrected chi connectivity index (χ2v) is 1.63. The van der Waals surface area contributed by atoms with Crippen LogP contribution in [-0.2, 0) is 0 Å². The molecule has 1 fully saturated rings. The number of rotatable bonds is 0. The molecule has 0 spiro atoms. The molecule has 0 aromatic rings. The van der Waals surface area contributed by atoms with Crippen molar-refractivity contribution in [3.8, 4) is 0 Å². The molecule has 0 unspecified atom stereocenters. The number of hydrogen-bond donors (Lipinski definition) is 1. The minimum atomic E-state index is 0.676. The predicted octanol–water partition coefficient (Wildman–Crippen LogP) is 0.693. The molecule has 2 nitrogen and oxygen atoms in total. The van der Waals surface area contributed by atoms with E-state index in [-0.39, 0.29) is 0 Å². The van der Waals surface area contributed by atoms with Crippen LogP contribution in [0, 0.1) is 0 Å². The van der Waals surface area contributed by atoms with E-state index in [1.165, 1.54) is 0 Å². The summed E-state index contributed by atoms with van der Waals surface area (Å²) in [4.78, 5) is 0. The van der Waals surface area contributed by atoms with E-state index in [2.05, 4.69) is 30.6 Å². The lowest BCUT2D eigenvalue weighted by atomic mass is 10.2. The smallest absolute Gasteiger partial charge is 0.0849 e. The van der Waals surface area contributed by atoms with Crippen LogP contribution in [0.2, 0.25) is 0 Å². The molecule has 1 heterocycles. The Hall–Kier alpha value is -1.18. The summed E-state index contributed by atoms with van der Waals surface area (Å²) in [7, 11) is 0. The molecule has 1 radical (unpaired) electrons. The molecule has 0 saturated carbocycles. The Morgan fingerprint density at radius 3 is 2.00 bits per heavy atom. The van der Waals surface area contributed by atoms with E-state index < -0.39 is 0 Å². The van der Waals surface area contributed by atoms with Gasteiger partial charge in [0.2, 0.25) is 0 Å². The predicted molar refractivity (Wildman–Crippen MR) is 32.7 cm³/mol. The molecular formula is C6H7N2. The molecule has 1 aliphatic heterocycles. The number of nitrogens with zero attached hydrogens (tertiary/aromatic N) is 1. The Kier molecular flexibility index (Phi) is 0.870. The van der Waals surface area contributed by atoms with Crippen LogP contribution in [0.1, 0.15) is 0 Å². The Bertz CT molecular complexity index is 149.